The van der Waals surface area contributed by atoms with Gasteiger partial charge in [-0.05, 0) is 50.2 Å². The summed E-state index contributed by atoms with van der Waals surface area (Å²) in [5.74, 6) is -0.346. The number of aryl methyl sites for hydroxylation is 1. The van der Waals surface area contributed by atoms with Crippen molar-refractivity contribution < 1.29 is 18.3 Å². The molecule has 0 spiro atoms. The Morgan fingerprint density at radius 1 is 1.19 bits per heavy atom. The van der Waals surface area contributed by atoms with Crippen molar-refractivity contribution in [3.8, 4) is 5.75 Å². The highest BCUT2D eigenvalue weighted by molar-refractivity contribution is 7.88. The number of nitrogens with one attached hydrogen (secondary N) is 3. The molecule has 2 aromatic carbocycles. The van der Waals surface area contributed by atoms with Gasteiger partial charge >= 0.3 is 0 Å². The van der Waals surface area contributed by atoms with E-state index >= 15 is 0 Å². The van der Waals surface area contributed by atoms with Gasteiger partial charge in [0.15, 0.2) is 5.71 Å². The average Bonchev–Trinajstić information content (AvgIpc) is 2.94. The van der Waals surface area contributed by atoms with Crippen LogP contribution >= 0.6 is 0 Å². The molecule has 0 fully saturated rings. The first kappa shape index (κ1) is 18.9. The van der Waals surface area contributed by atoms with E-state index in [4.69, 9.17) is 0 Å². The number of hydrazone groups is 1. The summed E-state index contributed by atoms with van der Waals surface area (Å²) in [7, 11) is -1.97. The number of amides is 1. The second-order valence-electron chi connectivity index (χ2n) is 6.28. The van der Waals surface area contributed by atoms with E-state index in [9.17, 15) is 18.3 Å². The lowest BCUT2D eigenvalue weighted by molar-refractivity contribution is -0.110. The number of anilines is 2. The Balaban J connectivity index is 1.84. The van der Waals surface area contributed by atoms with Crippen molar-refractivity contribution in [2.45, 2.75) is 19.6 Å². The Hall–Kier alpha value is -2.91. The lowest BCUT2D eigenvalue weighted by Gasteiger charge is -2.09. The van der Waals surface area contributed by atoms with Crippen molar-refractivity contribution in [2.75, 3.05) is 17.8 Å². The van der Waals surface area contributed by atoms with E-state index in [0.29, 0.717) is 33.6 Å². The molecule has 1 amide bonds. The fourth-order valence-electron chi connectivity index (χ4n) is 2.87. The number of sulfonamides is 1. The van der Waals surface area contributed by atoms with Crippen LogP contribution in [0.25, 0.3) is 0 Å². The van der Waals surface area contributed by atoms with Gasteiger partial charge in [-0.1, -0.05) is 12.1 Å². The average molecular weight is 388 g/mol. The Kier molecular flexibility index (Phi) is 4.90. The number of benzene rings is 2. The maximum absolute atomic E-state index is 12.2. The molecule has 0 radical (unpaired) electrons. The topological polar surface area (TPSA) is 120 Å². The molecular weight excluding hydrogens is 368 g/mol. The first-order valence-corrected chi connectivity index (χ1v) is 9.86. The predicted octanol–water partition coefficient (Wildman–Crippen LogP) is 1.83. The van der Waals surface area contributed by atoms with Gasteiger partial charge in [-0.2, -0.15) is 5.10 Å². The molecule has 3 rings (SSSR count). The van der Waals surface area contributed by atoms with Crippen LogP contribution < -0.4 is 15.5 Å². The van der Waals surface area contributed by atoms with Crippen LogP contribution in [0.4, 0.5) is 11.4 Å². The predicted molar refractivity (Wildman–Crippen MR) is 104 cm³/mol. The number of hydrogen-bond donors (Lipinski definition) is 4. The maximum atomic E-state index is 12.2. The number of carbonyl (C=O) groups is 1. The standard InChI is InChI=1S/C18H20N4O4S/c1-10-8-14-15(11(2)17(10)23)16(18(24)20-14)22-21-13-6-4-12(5-7-13)9-27(25,26)19-3/h4-8,19,21,23H,9H2,1-3H3,(H,20,22,24). The number of phenols is 1. The van der Waals surface area contributed by atoms with Crippen molar-refractivity contribution in [1.29, 1.82) is 0 Å². The Labute approximate surface area is 157 Å². The molecule has 0 saturated carbocycles. The van der Waals surface area contributed by atoms with Crippen LogP contribution in [0.3, 0.4) is 0 Å². The first-order chi connectivity index (χ1) is 12.7. The van der Waals surface area contributed by atoms with Gasteiger partial charge in [-0.15, -0.1) is 0 Å². The van der Waals surface area contributed by atoms with Gasteiger partial charge in [-0.3, -0.25) is 10.2 Å². The summed E-state index contributed by atoms with van der Waals surface area (Å²) in [4.78, 5) is 12.2. The molecule has 1 aliphatic rings. The third-order valence-corrected chi connectivity index (χ3v) is 5.69. The normalized spacial score (nSPS) is 14.9. The maximum Gasteiger partial charge on any atom is 0.276 e. The second kappa shape index (κ2) is 7.01. The summed E-state index contributed by atoms with van der Waals surface area (Å²) in [6.45, 7) is 3.49. The van der Waals surface area contributed by atoms with E-state index in [1.165, 1.54) is 7.05 Å². The van der Waals surface area contributed by atoms with Gasteiger partial charge in [-0.25, -0.2) is 13.1 Å². The fraction of sp³-hybridized carbons (Fsp3) is 0.222. The molecule has 27 heavy (non-hydrogen) atoms. The summed E-state index contributed by atoms with van der Waals surface area (Å²) in [5.41, 5.74) is 6.64. The first-order valence-electron chi connectivity index (χ1n) is 8.20. The molecule has 8 nitrogen and oxygen atoms in total. The van der Waals surface area contributed by atoms with Crippen molar-refractivity contribution in [3.63, 3.8) is 0 Å². The van der Waals surface area contributed by atoms with Crippen molar-refractivity contribution in [1.82, 2.24) is 4.72 Å². The summed E-state index contributed by atoms with van der Waals surface area (Å²) in [6, 6.07) is 8.39. The highest BCUT2D eigenvalue weighted by Gasteiger charge is 2.30. The molecule has 1 heterocycles. The molecule has 0 unspecified atom stereocenters. The van der Waals surface area contributed by atoms with Crippen LogP contribution in [0.1, 0.15) is 22.3 Å². The Morgan fingerprint density at radius 2 is 1.85 bits per heavy atom. The highest BCUT2D eigenvalue weighted by atomic mass is 32.2. The van der Waals surface area contributed by atoms with E-state index in [2.05, 4.69) is 20.6 Å². The zero-order valence-corrected chi connectivity index (χ0v) is 15.9. The van der Waals surface area contributed by atoms with E-state index in [1.807, 2.05) is 0 Å². The lowest BCUT2D eigenvalue weighted by atomic mass is 10.0. The number of hydrogen-bond acceptors (Lipinski definition) is 6. The van der Waals surface area contributed by atoms with E-state index in [0.717, 1.165) is 0 Å². The summed E-state index contributed by atoms with van der Waals surface area (Å²) in [5, 5.41) is 17.1. The van der Waals surface area contributed by atoms with E-state index in [1.54, 1.807) is 44.2 Å². The minimum atomic E-state index is -3.34. The number of aromatic hydroxyl groups is 1. The van der Waals surface area contributed by atoms with Gasteiger partial charge in [0.25, 0.3) is 5.91 Å². The molecule has 0 aliphatic carbocycles. The molecule has 1 aliphatic heterocycles. The quantitative estimate of drug-likeness (QED) is 0.460. The summed E-state index contributed by atoms with van der Waals surface area (Å²) < 4.78 is 25.4. The van der Waals surface area contributed by atoms with Crippen LogP contribution in [-0.4, -0.2) is 32.2 Å². The SMILES string of the molecule is CNS(=O)(=O)Cc1ccc(N/N=C2\C(=O)Nc3cc(C)c(O)c(C)c32)cc1. The molecule has 0 saturated heterocycles. The third-order valence-electron chi connectivity index (χ3n) is 4.35. The van der Waals surface area contributed by atoms with Crippen LogP contribution in [-0.2, 0) is 20.6 Å². The van der Waals surface area contributed by atoms with Gasteiger partial charge < -0.3 is 10.4 Å². The Bertz CT molecular complexity index is 1040. The zero-order valence-electron chi connectivity index (χ0n) is 15.1. The third kappa shape index (κ3) is 3.79. The van der Waals surface area contributed by atoms with Gasteiger partial charge in [0.1, 0.15) is 5.75 Å². The van der Waals surface area contributed by atoms with Crippen molar-refractivity contribution >= 4 is 33.0 Å². The fourth-order valence-corrected chi connectivity index (χ4v) is 3.64. The summed E-state index contributed by atoms with van der Waals surface area (Å²) >= 11 is 0. The molecular formula is C18H20N4O4S. The largest absolute Gasteiger partial charge is 0.507 e. The number of phenolic OH excluding ortho intramolecular Hbond substituents is 1. The van der Waals surface area contributed by atoms with Crippen LogP contribution in [0.2, 0.25) is 0 Å². The molecule has 4 N–H and O–H groups in total. The Morgan fingerprint density at radius 3 is 2.48 bits per heavy atom. The van der Waals surface area contributed by atoms with E-state index in [-0.39, 0.29) is 23.1 Å². The number of carbonyl (C=O) groups excluding carboxylic acids is 1. The minimum absolute atomic E-state index is 0.119. The van der Waals surface area contributed by atoms with Gasteiger partial charge in [0.05, 0.1) is 17.1 Å². The molecule has 0 aromatic heterocycles. The minimum Gasteiger partial charge on any atom is -0.507 e. The van der Waals surface area contributed by atoms with Crippen molar-refractivity contribution in [3.05, 3.63) is 52.6 Å². The monoisotopic (exact) mass is 388 g/mol. The molecule has 9 heteroatoms. The van der Waals surface area contributed by atoms with Gasteiger partial charge in [0.2, 0.25) is 10.0 Å². The molecule has 142 valence electrons. The number of fused-ring (bicyclic) bond motifs is 1. The molecule has 2 aromatic rings. The lowest BCUT2D eigenvalue weighted by Crippen LogP contribution is -2.20. The number of rotatable bonds is 5. The van der Waals surface area contributed by atoms with E-state index < -0.39 is 10.0 Å². The molecule has 0 atom stereocenters. The zero-order chi connectivity index (χ0) is 19.8. The highest BCUT2D eigenvalue weighted by Crippen LogP contribution is 2.35. The van der Waals surface area contributed by atoms with Crippen LogP contribution in [0.5, 0.6) is 5.75 Å². The van der Waals surface area contributed by atoms with Crippen LogP contribution in [0, 0.1) is 13.8 Å². The van der Waals surface area contributed by atoms with Crippen molar-refractivity contribution in [2.24, 2.45) is 5.10 Å². The number of nitrogens with zero attached hydrogens (tertiary/aromatic N) is 1. The molecule has 0 bridgehead atoms. The van der Waals surface area contributed by atoms with Gasteiger partial charge in [0, 0.05) is 11.1 Å². The van der Waals surface area contributed by atoms with Crippen LogP contribution in [0.15, 0.2) is 35.4 Å². The smallest absolute Gasteiger partial charge is 0.276 e. The summed E-state index contributed by atoms with van der Waals surface area (Å²) in [6.07, 6.45) is 0. The second-order valence-corrected chi connectivity index (χ2v) is 8.20.